The summed E-state index contributed by atoms with van der Waals surface area (Å²) in [7, 11) is 0. The van der Waals surface area contributed by atoms with E-state index >= 15 is 0 Å². The van der Waals surface area contributed by atoms with Gasteiger partial charge in [0.2, 0.25) is 5.91 Å². The highest BCUT2D eigenvalue weighted by Gasteiger charge is 2.39. The number of carbonyl (C=O) groups excluding carboxylic acids is 1. The first kappa shape index (κ1) is 14.8. The minimum Gasteiger partial charge on any atom is -0.396 e. The van der Waals surface area contributed by atoms with Crippen LogP contribution in [0.25, 0.3) is 0 Å². The maximum atomic E-state index is 12.0. The smallest absolute Gasteiger partial charge is 0.227 e. The van der Waals surface area contributed by atoms with E-state index in [1.165, 1.54) is 0 Å². The number of hydrogen-bond donors (Lipinski definition) is 3. The molecule has 0 atom stereocenters. The van der Waals surface area contributed by atoms with Crippen molar-refractivity contribution in [2.24, 2.45) is 11.1 Å². The molecule has 1 saturated carbocycles. The second kappa shape index (κ2) is 7.95. The third kappa shape index (κ3) is 4.48. The third-order valence-electron chi connectivity index (χ3n) is 3.41. The Labute approximate surface area is 108 Å². The molecule has 0 radical (unpaired) electrons. The molecule has 5 heteroatoms. The second-order valence-corrected chi connectivity index (χ2v) is 5.86. The minimum absolute atomic E-state index is 0.139. The zero-order valence-electron chi connectivity index (χ0n) is 10.4. The molecule has 0 saturated heterocycles. The Bertz CT molecular complexity index is 231. The van der Waals surface area contributed by atoms with Gasteiger partial charge in [-0.25, -0.2) is 0 Å². The zero-order chi connectivity index (χ0) is 12.6. The van der Waals surface area contributed by atoms with Crippen LogP contribution in [-0.4, -0.2) is 42.2 Å². The first-order valence-corrected chi connectivity index (χ1v) is 7.57. The molecule has 0 bridgehead atoms. The molecule has 1 aliphatic rings. The molecule has 1 rings (SSSR count). The molecule has 1 fully saturated rings. The molecule has 4 N–H and O–H groups in total. The van der Waals surface area contributed by atoms with Gasteiger partial charge in [0.05, 0.1) is 5.41 Å². The average Bonchev–Trinajstić information content (AvgIpc) is 2.83. The Hall–Kier alpha value is -0.260. The molecule has 0 spiro atoms. The van der Waals surface area contributed by atoms with Gasteiger partial charge in [-0.05, 0) is 25.0 Å². The summed E-state index contributed by atoms with van der Waals surface area (Å²) in [6, 6.07) is 0. The molecule has 0 unspecified atom stereocenters. The standard InChI is InChI=1S/C12H24N2O2S/c13-10-12(4-1-2-5-12)11(16)14-6-9-17-8-3-7-15/h15H,1-10,13H2,(H,14,16). The van der Waals surface area contributed by atoms with Crippen LogP contribution in [0.1, 0.15) is 32.1 Å². The lowest BCUT2D eigenvalue weighted by Gasteiger charge is -2.25. The van der Waals surface area contributed by atoms with Gasteiger partial charge in [0, 0.05) is 25.4 Å². The molecule has 1 amide bonds. The first-order valence-electron chi connectivity index (χ1n) is 6.42. The lowest BCUT2D eigenvalue weighted by Crippen LogP contribution is -2.44. The van der Waals surface area contributed by atoms with Gasteiger partial charge in [-0.15, -0.1) is 0 Å². The van der Waals surface area contributed by atoms with Crippen LogP contribution < -0.4 is 11.1 Å². The van der Waals surface area contributed by atoms with Crippen LogP contribution >= 0.6 is 11.8 Å². The van der Waals surface area contributed by atoms with Crippen LogP contribution in [0.15, 0.2) is 0 Å². The number of amides is 1. The maximum Gasteiger partial charge on any atom is 0.227 e. The summed E-state index contributed by atoms with van der Waals surface area (Å²) >= 11 is 1.76. The van der Waals surface area contributed by atoms with Gasteiger partial charge in [0.25, 0.3) is 0 Å². The molecular weight excluding hydrogens is 236 g/mol. The molecule has 0 aromatic carbocycles. The highest BCUT2D eigenvalue weighted by Crippen LogP contribution is 2.37. The summed E-state index contributed by atoms with van der Waals surface area (Å²) in [6.07, 6.45) is 4.94. The number of thioether (sulfide) groups is 1. The van der Waals surface area contributed by atoms with Gasteiger partial charge >= 0.3 is 0 Å². The van der Waals surface area contributed by atoms with Crippen LogP contribution in [0.2, 0.25) is 0 Å². The molecule has 0 heterocycles. The average molecular weight is 260 g/mol. The van der Waals surface area contributed by atoms with Gasteiger partial charge in [0.15, 0.2) is 0 Å². The fourth-order valence-electron chi connectivity index (χ4n) is 2.27. The van der Waals surface area contributed by atoms with Gasteiger partial charge in [-0.3, -0.25) is 4.79 Å². The van der Waals surface area contributed by atoms with E-state index < -0.39 is 0 Å². The van der Waals surface area contributed by atoms with Crippen molar-refractivity contribution >= 4 is 17.7 Å². The molecule has 0 aromatic rings. The van der Waals surface area contributed by atoms with Crippen LogP contribution in [-0.2, 0) is 4.79 Å². The highest BCUT2D eigenvalue weighted by molar-refractivity contribution is 7.99. The van der Waals surface area contributed by atoms with Gasteiger partial charge in [-0.1, -0.05) is 12.8 Å². The predicted octanol–water partition coefficient (Wildman–Crippen LogP) is 0.737. The summed E-state index contributed by atoms with van der Waals surface area (Å²) in [5, 5.41) is 11.6. The lowest BCUT2D eigenvalue weighted by molar-refractivity contribution is -0.130. The zero-order valence-corrected chi connectivity index (χ0v) is 11.2. The van der Waals surface area contributed by atoms with Gasteiger partial charge < -0.3 is 16.2 Å². The van der Waals surface area contributed by atoms with Crippen molar-refractivity contribution in [3.05, 3.63) is 0 Å². The predicted molar refractivity (Wildman–Crippen MR) is 72.0 cm³/mol. The molecular formula is C12H24N2O2S. The van der Waals surface area contributed by atoms with Crippen molar-refractivity contribution in [3.8, 4) is 0 Å². The topological polar surface area (TPSA) is 75.4 Å². The van der Waals surface area contributed by atoms with Crippen LogP contribution in [0.4, 0.5) is 0 Å². The number of aliphatic hydroxyl groups is 1. The van der Waals surface area contributed by atoms with Crippen molar-refractivity contribution in [3.63, 3.8) is 0 Å². The highest BCUT2D eigenvalue weighted by atomic mass is 32.2. The molecule has 4 nitrogen and oxygen atoms in total. The second-order valence-electron chi connectivity index (χ2n) is 4.64. The summed E-state index contributed by atoms with van der Waals surface area (Å²) < 4.78 is 0. The van der Waals surface area contributed by atoms with Crippen LogP contribution in [0.3, 0.4) is 0 Å². The van der Waals surface area contributed by atoms with E-state index in [1.807, 2.05) is 0 Å². The number of nitrogens with one attached hydrogen (secondary N) is 1. The number of nitrogens with two attached hydrogens (primary N) is 1. The van der Waals surface area contributed by atoms with Crippen molar-refractivity contribution in [2.45, 2.75) is 32.1 Å². The Morgan fingerprint density at radius 1 is 1.35 bits per heavy atom. The van der Waals surface area contributed by atoms with E-state index in [-0.39, 0.29) is 17.9 Å². The third-order valence-corrected chi connectivity index (χ3v) is 4.48. The molecule has 17 heavy (non-hydrogen) atoms. The minimum atomic E-state index is -0.282. The lowest BCUT2D eigenvalue weighted by atomic mass is 9.85. The molecule has 0 aliphatic heterocycles. The Kier molecular flexibility index (Phi) is 6.92. The van der Waals surface area contributed by atoms with Crippen molar-refractivity contribution in [1.82, 2.24) is 5.32 Å². The quantitative estimate of drug-likeness (QED) is 0.563. The van der Waals surface area contributed by atoms with Crippen molar-refractivity contribution < 1.29 is 9.90 Å². The normalized spacial score (nSPS) is 18.2. The van der Waals surface area contributed by atoms with E-state index in [2.05, 4.69) is 5.32 Å². The number of rotatable bonds is 8. The summed E-state index contributed by atoms with van der Waals surface area (Å²) in [6.45, 7) is 1.42. The van der Waals surface area contributed by atoms with Crippen molar-refractivity contribution in [2.75, 3.05) is 31.2 Å². The monoisotopic (exact) mass is 260 g/mol. The Morgan fingerprint density at radius 2 is 2.06 bits per heavy atom. The number of carbonyl (C=O) groups is 1. The van der Waals surface area contributed by atoms with Crippen molar-refractivity contribution in [1.29, 1.82) is 0 Å². The van der Waals surface area contributed by atoms with E-state index in [9.17, 15) is 4.79 Å². The fraction of sp³-hybridized carbons (Fsp3) is 0.917. The van der Waals surface area contributed by atoms with Gasteiger partial charge in [0.1, 0.15) is 0 Å². The molecule has 0 aromatic heterocycles. The fourth-order valence-corrected chi connectivity index (χ4v) is 3.05. The number of hydrogen-bond acceptors (Lipinski definition) is 4. The van der Waals surface area contributed by atoms with Crippen LogP contribution in [0, 0.1) is 5.41 Å². The molecule has 1 aliphatic carbocycles. The maximum absolute atomic E-state index is 12.0. The molecule has 100 valence electrons. The summed E-state index contributed by atoms with van der Waals surface area (Å²) in [4.78, 5) is 12.0. The number of aliphatic hydroxyl groups excluding tert-OH is 1. The SMILES string of the molecule is NCC1(C(=O)NCCSCCCO)CCCC1. The van der Waals surface area contributed by atoms with E-state index in [0.29, 0.717) is 13.1 Å². The summed E-state index contributed by atoms with van der Waals surface area (Å²) in [5.41, 5.74) is 5.46. The first-order chi connectivity index (χ1) is 8.25. The van der Waals surface area contributed by atoms with Crippen LogP contribution in [0.5, 0.6) is 0 Å². The van der Waals surface area contributed by atoms with Gasteiger partial charge in [-0.2, -0.15) is 11.8 Å². The van der Waals surface area contributed by atoms with E-state index in [1.54, 1.807) is 11.8 Å². The largest absolute Gasteiger partial charge is 0.396 e. The Morgan fingerprint density at radius 3 is 2.65 bits per heavy atom. The summed E-state index contributed by atoms with van der Waals surface area (Å²) in [5.74, 6) is 2.00. The van der Waals surface area contributed by atoms with E-state index in [4.69, 9.17) is 10.8 Å². The van der Waals surface area contributed by atoms with E-state index in [0.717, 1.165) is 43.6 Å². The Balaban J connectivity index is 2.15.